The first-order valence-electron chi connectivity index (χ1n) is 19.7. The third-order valence-electron chi connectivity index (χ3n) is 11.6. The number of imidazole rings is 1. The van der Waals surface area contributed by atoms with Crippen LogP contribution >= 0.6 is 0 Å². The number of rotatable bonds is 7. The molecule has 0 saturated carbocycles. The molecule has 0 aliphatic carbocycles. The maximum absolute atomic E-state index is 12.2. The molecule has 2 saturated heterocycles. The Morgan fingerprint density at radius 1 is 0.839 bits per heavy atom. The molecule has 11 nitrogen and oxygen atoms in total. The summed E-state index contributed by atoms with van der Waals surface area (Å²) in [6, 6.07) is 19.2. The van der Waals surface area contributed by atoms with Crippen molar-refractivity contribution in [3.63, 3.8) is 0 Å². The van der Waals surface area contributed by atoms with Crippen LogP contribution in [0.1, 0.15) is 73.0 Å². The molecule has 2 fully saturated rings. The first-order chi connectivity index (χ1) is 26.7. The van der Waals surface area contributed by atoms with E-state index in [0.29, 0.717) is 17.0 Å². The van der Waals surface area contributed by atoms with Gasteiger partial charge in [0.15, 0.2) is 23.2 Å². The average Bonchev–Trinajstić information content (AvgIpc) is 3.71. The number of ether oxygens (including phenoxy) is 1. The predicted molar refractivity (Wildman–Crippen MR) is 227 cm³/mol. The Morgan fingerprint density at radius 2 is 1.48 bits per heavy atom. The van der Waals surface area contributed by atoms with E-state index < -0.39 is 41.7 Å². The molecule has 0 radical (unpaired) electrons. The number of benzene rings is 4. The highest BCUT2D eigenvalue weighted by Crippen LogP contribution is 2.48. The number of nitrogens with zero attached hydrogens (tertiary/aromatic N) is 6. The van der Waals surface area contributed by atoms with Gasteiger partial charge in [-0.05, 0) is 66.5 Å². The van der Waals surface area contributed by atoms with Gasteiger partial charge in [0.05, 0.1) is 19.3 Å². The van der Waals surface area contributed by atoms with Gasteiger partial charge in [0.1, 0.15) is 18.3 Å². The Kier molecular flexibility index (Phi) is 10.1. The molecule has 4 heterocycles. The van der Waals surface area contributed by atoms with Crippen molar-refractivity contribution in [2.24, 2.45) is 4.99 Å². The van der Waals surface area contributed by atoms with E-state index >= 15 is 0 Å². The van der Waals surface area contributed by atoms with Crippen molar-refractivity contribution in [2.45, 2.75) is 102 Å². The first kappa shape index (κ1) is 38.6. The van der Waals surface area contributed by atoms with E-state index in [2.05, 4.69) is 127 Å². The van der Waals surface area contributed by atoms with Gasteiger partial charge < -0.3 is 27.7 Å². The number of fused-ring (bicyclic) bond motifs is 2. The zero-order chi connectivity index (χ0) is 39.7. The lowest BCUT2D eigenvalue weighted by atomic mass is 9.92. The molecule has 0 unspecified atom stereocenters. The fourth-order valence-corrected chi connectivity index (χ4v) is 20.0. The molecule has 2 aliphatic heterocycles. The van der Waals surface area contributed by atoms with Gasteiger partial charge in [-0.3, -0.25) is 4.57 Å². The minimum Gasteiger partial charge on any atom is -0.414 e. The van der Waals surface area contributed by atoms with Gasteiger partial charge in [-0.2, -0.15) is 4.98 Å². The topological polar surface area (TPSA) is 116 Å². The Balaban J connectivity index is 1.21. The second-order valence-electron chi connectivity index (χ2n) is 16.7. The third kappa shape index (κ3) is 6.32. The van der Waals surface area contributed by atoms with Crippen molar-refractivity contribution in [1.82, 2.24) is 24.4 Å². The number of aliphatic imine (C=N–C) groups is 1. The van der Waals surface area contributed by atoms with Crippen LogP contribution in [0, 0.1) is 11.8 Å². The molecular formula is C43H52N6O5Si2. The third-order valence-corrected chi connectivity index (χ3v) is 21.8. The van der Waals surface area contributed by atoms with Crippen LogP contribution in [-0.2, 0) is 17.7 Å². The molecule has 2 aromatic heterocycles. The van der Waals surface area contributed by atoms with Crippen molar-refractivity contribution >= 4 is 72.8 Å². The molecule has 56 heavy (non-hydrogen) atoms. The monoisotopic (exact) mass is 788 g/mol. The predicted octanol–water partition coefficient (Wildman–Crippen LogP) is 8.56. The van der Waals surface area contributed by atoms with E-state index in [1.54, 1.807) is 17.2 Å². The van der Waals surface area contributed by atoms with E-state index in [9.17, 15) is 5.11 Å². The van der Waals surface area contributed by atoms with Crippen LogP contribution in [0.5, 0.6) is 0 Å². The fourth-order valence-electron chi connectivity index (χ4n) is 8.74. The van der Waals surface area contributed by atoms with Crippen molar-refractivity contribution in [1.29, 1.82) is 0 Å². The van der Waals surface area contributed by atoms with Crippen LogP contribution in [0.4, 0.5) is 5.82 Å². The molecule has 1 N–H and O–H groups in total. The molecule has 292 valence electrons. The molecule has 8 rings (SSSR count). The van der Waals surface area contributed by atoms with Crippen molar-refractivity contribution in [3.05, 3.63) is 72.3 Å². The van der Waals surface area contributed by atoms with Gasteiger partial charge >= 0.3 is 17.1 Å². The molecular weight excluding hydrogens is 737 g/mol. The van der Waals surface area contributed by atoms with Crippen LogP contribution in [0.3, 0.4) is 0 Å². The fraction of sp³-hybridized carbons (Fsp3) is 0.442. The van der Waals surface area contributed by atoms with E-state index in [1.165, 1.54) is 26.9 Å². The minimum atomic E-state index is -3.00. The zero-order valence-corrected chi connectivity index (χ0v) is 35.9. The largest absolute Gasteiger partial charge is 0.414 e. The summed E-state index contributed by atoms with van der Waals surface area (Å²) in [6.07, 6.45) is 0.170. The van der Waals surface area contributed by atoms with Crippen LogP contribution in [0.2, 0.25) is 22.2 Å². The molecule has 0 spiro atoms. The summed E-state index contributed by atoms with van der Waals surface area (Å²) in [6.45, 7) is 17.7. The summed E-state index contributed by atoms with van der Waals surface area (Å²) in [5, 5.41) is 19.2. The Bertz CT molecular complexity index is 2470. The minimum absolute atomic E-state index is 0.105. The molecule has 2 aliphatic rings. The highest BCUT2D eigenvalue weighted by atomic mass is 28.5. The van der Waals surface area contributed by atoms with Gasteiger partial charge in [-0.1, -0.05) is 110 Å². The quantitative estimate of drug-likeness (QED) is 0.0559. The molecule has 0 amide bonds. The lowest BCUT2D eigenvalue weighted by Gasteiger charge is -2.51. The lowest BCUT2D eigenvalue weighted by molar-refractivity contribution is -0.0570. The van der Waals surface area contributed by atoms with Crippen molar-refractivity contribution in [2.75, 3.05) is 20.7 Å². The van der Waals surface area contributed by atoms with E-state index in [-0.39, 0.29) is 34.6 Å². The summed E-state index contributed by atoms with van der Waals surface area (Å²) in [7, 11) is -2.01. The smallest absolute Gasteiger partial charge is 0.335 e. The van der Waals surface area contributed by atoms with Crippen LogP contribution in [0.25, 0.3) is 43.5 Å². The maximum atomic E-state index is 12.2. The molecule has 13 heteroatoms. The second-order valence-corrected chi connectivity index (χ2v) is 25.6. The van der Waals surface area contributed by atoms with Gasteiger partial charge in [0.2, 0.25) is 5.82 Å². The lowest BCUT2D eigenvalue weighted by Crippen LogP contribution is -2.65. The second kappa shape index (κ2) is 14.6. The zero-order valence-electron chi connectivity index (χ0n) is 33.9. The number of aromatic nitrogens is 4. The van der Waals surface area contributed by atoms with Gasteiger partial charge in [0, 0.05) is 19.7 Å². The number of aliphatic hydroxyl groups is 1. The van der Waals surface area contributed by atoms with Crippen LogP contribution in [-0.4, -0.2) is 92.0 Å². The molecule has 4 atom stereocenters. The van der Waals surface area contributed by atoms with Gasteiger partial charge in [-0.15, -0.1) is 0 Å². The Hall–Kier alpha value is -4.27. The number of hydrogen-bond donors (Lipinski definition) is 1. The Labute approximate surface area is 330 Å². The molecule has 4 aromatic carbocycles. The normalized spacial score (nSPS) is 22.6. The maximum Gasteiger partial charge on any atom is 0.335 e. The van der Waals surface area contributed by atoms with Crippen molar-refractivity contribution < 1.29 is 22.8 Å². The average molecular weight is 789 g/mol. The van der Waals surface area contributed by atoms with E-state index in [0.717, 1.165) is 10.9 Å². The summed E-state index contributed by atoms with van der Waals surface area (Å²) in [5.41, 5.74) is 2.38. The molecule has 0 bridgehead atoms. The standard InChI is InChI=1S/C43H52N6O5Si2/c1-25(2)55(26(3)4)51-22-34-40(53-56(54-55,27(5)6)28(7)8)39(50)43(52-34)49-24-44-38-41(45-23-48(9)10)46-35(47-42(38)49)21-19-29-14-15-32-17-16-30-12-11-13-31-18-20-33(29)37(32)36(30)31/h11-18,20,23-28,34,39-40,43,50H,22H2,1-10H3/b45-23+/t34-,39-,40-,43-/m1/s1. The number of hydrogen-bond acceptors (Lipinski definition) is 9. The molecule has 6 aromatic rings. The first-order valence-corrected chi connectivity index (χ1v) is 23.7. The highest BCUT2D eigenvalue weighted by Gasteiger charge is 2.61. The van der Waals surface area contributed by atoms with E-state index in [4.69, 9.17) is 32.7 Å². The summed E-state index contributed by atoms with van der Waals surface area (Å²) in [5.74, 6) is 7.28. The van der Waals surface area contributed by atoms with E-state index in [1.807, 2.05) is 19.0 Å². The van der Waals surface area contributed by atoms with Crippen LogP contribution in [0.15, 0.2) is 65.9 Å². The summed E-state index contributed by atoms with van der Waals surface area (Å²) < 4.78 is 30.0. The number of aliphatic hydroxyl groups excluding tert-OH is 1. The SMILES string of the molecule is CC(C)[Si]1(C(C)C)OC[C@H]2O[C@@H](n3cnc4c(/N=C/N(C)C)nc(C#Cc5ccc6ccc7cccc8ccc5c6c78)nc43)[C@H](O)[C@@H]2O[Si](C(C)C)(C(C)C)O1. The summed E-state index contributed by atoms with van der Waals surface area (Å²) in [4.78, 5) is 20.9. The summed E-state index contributed by atoms with van der Waals surface area (Å²) >= 11 is 0. The van der Waals surface area contributed by atoms with Gasteiger partial charge in [-0.25, -0.2) is 15.0 Å². The highest BCUT2D eigenvalue weighted by molar-refractivity contribution is 6.84. The van der Waals surface area contributed by atoms with Gasteiger partial charge in [0.25, 0.3) is 0 Å². The van der Waals surface area contributed by atoms with Crippen LogP contribution < -0.4 is 0 Å². The Morgan fingerprint density at radius 3 is 2.14 bits per heavy atom. The van der Waals surface area contributed by atoms with Crippen molar-refractivity contribution in [3.8, 4) is 11.8 Å².